The Morgan fingerprint density at radius 1 is 1.50 bits per heavy atom. The second-order valence-electron chi connectivity index (χ2n) is 3.43. The van der Waals surface area contributed by atoms with Gasteiger partial charge in [0.25, 0.3) is 0 Å². The zero-order chi connectivity index (χ0) is 10.1. The summed E-state index contributed by atoms with van der Waals surface area (Å²) in [5, 5.41) is 10.3. The van der Waals surface area contributed by atoms with Gasteiger partial charge in [-0.1, -0.05) is 17.7 Å². The number of benzene rings is 1. The summed E-state index contributed by atoms with van der Waals surface area (Å²) in [6.07, 6.45) is 1.42. The largest absolute Gasteiger partial charge is 0.374 e. The van der Waals surface area contributed by atoms with E-state index in [1.807, 2.05) is 23.1 Å². The Labute approximate surface area is 93.9 Å². The van der Waals surface area contributed by atoms with Gasteiger partial charge in [-0.25, -0.2) is 0 Å². The second kappa shape index (κ2) is 4.01. The number of nitrogens with zero attached hydrogens (tertiary/aromatic N) is 1. The highest BCUT2D eigenvalue weighted by molar-refractivity contribution is 7.80. The van der Waals surface area contributed by atoms with Crippen LogP contribution in [0, 0.1) is 0 Å². The van der Waals surface area contributed by atoms with Gasteiger partial charge >= 0.3 is 0 Å². The quantitative estimate of drug-likeness (QED) is 0.723. The molecule has 1 aliphatic heterocycles. The number of rotatable bonds is 1. The van der Waals surface area contributed by atoms with Crippen LogP contribution < -0.4 is 4.90 Å². The van der Waals surface area contributed by atoms with Gasteiger partial charge in [0.05, 0.1) is 10.7 Å². The van der Waals surface area contributed by atoms with Crippen LogP contribution in [0.4, 0.5) is 5.69 Å². The minimum atomic E-state index is -0.400. The number of hydrogen-bond acceptors (Lipinski definition) is 3. The van der Waals surface area contributed by atoms with Crippen LogP contribution in [0.1, 0.15) is 12.8 Å². The summed E-state index contributed by atoms with van der Waals surface area (Å²) in [7, 11) is 0. The molecule has 0 spiro atoms. The lowest BCUT2D eigenvalue weighted by molar-refractivity contribution is 0.185. The molecule has 1 saturated heterocycles. The average Bonchev–Trinajstić information content (AvgIpc) is 2.57. The first-order valence-corrected chi connectivity index (χ1v) is 5.45. The third-order valence-electron chi connectivity index (χ3n) is 2.49. The smallest absolute Gasteiger partial charge is 0.127 e. The van der Waals surface area contributed by atoms with Crippen molar-refractivity contribution in [2.75, 3.05) is 11.4 Å². The Bertz CT molecular complexity index is 345. The fraction of sp³-hybridized carbons (Fsp3) is 0.400. The highest BCUT2D eigenvalue weighted by atomic mass is 35.5. The lowest BCUT2D eigenvalue weighted by atomic mass is 10.3. The molecule has 1 aromatic rings. The molecule has 0 aromatic heterocycles. The molecular formula is C10H12ClNOS. The zero-order valence-corrected chi connectivity index (χ0v) is 9.30. The van der Waals surface area contributed by atoms with Crippen LogP contribution in [-0.2, 0) is 0 Å². The number of aliphatic hydroxyl groups is 1. The summed E-state index contributed by atoms with van der Waals surface area (Å²) in [5.74, 6) is 0. The normalized spacial score (nSPS) is 21.6. The summed E-state index contributed by atoms with van der Waals surface area (Å²) in [5.41, 5.74) is 0.879. The van der Waals surface area contributed by atoms with Crippen molar-refractivity contribution in [2.24, 2.45) is 0 Å². The van der Waals surface area contributed by atoms with Crippen LogP contribution in [0.2, 0.25) is 5.02 Å². The van der Waals surface area contributed by atoms with Gasteiger partial charge in [0, 0.05) is 11.4 Å². The van der Waals surface area contributed by atoms with Crippen molar-refractivity contribution < 1.29 is 5.11 Å². The van der Waals surface area contributed by atoms with Gasteiger partial charge in [-0.05, 0) is 25.0 Å². The van der Waals surface area contributed by atoms with Gasteiger partial charge < -0.3 is 10.0 Å². The maximum Gasteiger partial charge on any atom is 0.127 e. The van der Waals surface area contributed by atoms with E-state index >= 15 is 0 Å². The summed E-state index contributed by atoms with van der Waals surface area (Å²) in [6, 6.07) is 5.66. The van der Waals surface area contributed by atoms with E-state index in [1.165, 1.54) is 0 Å². The Hall–Kier alpha value is -0.380. The molecule has 0 radical (unpaired) electrons. The van der Waals surface area contributed by atoms with Crippen molar-refractivity contribution >= 4 is 29.9 Å². The highest BCUT2D eigenvalue weighted by Crippen LogP contribution is 2.34. The molecule has 2 nitrogen and oxygen atoms in total. The van der Waals surface area contributed by atoms with Gasteiger partial charge in [-0.15, -0.1) is 12.6 Å². The third-order valence-corrected chi connectivity index (χ3v) is 3.39. The molecule has 1 fully saturated rings. The monoisotopic (exact) mass is 229 g/mol. The minimum absolute atomic E-state index is 0.400. The highest BCUT2D eigenvalue weighted by Gasteiger charge is 2.24. The molecule has 76 valence electrons. The first kappa shape index (κ1) is 10.1. The van der Waals surface area contributed by atoms with E-state index in [4.69, 9.17) is 11.6 Å². The molecule has 0 saturated carbocycles. The first-order chi connectivity index (χ1) is 6.70. The average molecular weight is 230 g/mol. The molecule has 1 aliphatic rings. The maximum atomic E-state index is 9.70. The molecule has 1 unspecified atom stereocenters. The minimum Gasteiger partial charge on any atom is -0.374 e. The van der Waals surface area contributed by atoms with Crippen molar-refractivity contribution in [3.63, 3.8) is 0 Å². The van der Waals surface area contributed by atoms with Crippen molar-refractivity contribution in [2.45, 2.75) is 24.0 Å². The predicted octanol–water partition coefficient (Wildman–Crippen LogP) is 2.55. The van der Waals surface area contributed by atoms with Gasteiger partial charge in [0.1, 0.15) is 6.23 Å². The van der Waals surface area contributed by atoms with Crippen LogP contribution in [0.5, 0.6) is 0 Å². The van der Waals surface area contributed by atoms with Crippen LogP contribution in [0.15, 0.2) is 23.1 Å². The SMILES string of the molecule is OC1CCCN1c1cccc(S)c1Cl. The third kappa shape index (κ3) is 1.72. The van der Waals surface area contributed by atoms with E-state index in [0.29, 0.717) is 5.02 Å². The van der Waals surface area contributed by atoms with Gasteiger partial charge in [-0.2, -0.15) is 0 Å². The van der Waals surface area contributed by atoms with E-state index < -0.39 is 6.23 Å². The van der Waals surface area contributed by atoms with Crippen LogP contribution >= 0.6 is 24.2 Å². The fourth-order valence-electron chi connectivity index (χ4n) is 1.76. The van der Waals surface area contributed by atoms with Crippen molar-refractivity contribution in [3.8, 4) is 0 Å². The molecule has 0 amide bonds. The molecule has 2 rings (SSSR count). The van der Waals surface area contributed by atoms with Gasteiger partial charge in [-0.3, -0.25) is 0 Å². The Morgan fingerprint density at radius 3 is 2.93 bits per heavy atom. The summed E-state index contributed by atoms with van der Waals surface area (Å²) in [4.78, 5) is 2.67. The van der Waals surface area contributed by atoms with E-state index in [2.05, 4.69) is 12.6 Å². The van der Waals surface area contributed by atoms with E-state index in [9.17, 15) is 5.11 Å². The number of aliphatic hydroxyl groups excluding tert-OH is 1. The standard InChI is InChI=1S/C10H12ClNOS/c11-10-7(3-1-4-8(10)14)12-6-2-5-9(12)13/h1,3-4,9,13-14H,2,5-6H2. The molecule has 4 heteroatoms. The molecule has 1 heterocycles. The summed E-state index contributed by atoms with van der Waals surface area (Å²) >= 11 is 10.4. The molecule has 0 aliphatic carbocycles. The molecule has 1 atom stereocenters. The Morgan fingerprint density at radius 2 is 2.29 bits per heavy atom. The van der Waals surface area contributed by atoms with Crippen LogP contribution in [0.3, 0.4) is 0 Å². The topological polar surface area (TPSA) is 23.5 Å². The maximum absolute atomic E-state index is 9.70. The zero-order valence-electron chi connectivity index (χ0n) is 7.65. The number of halogens is 1. The van der Waals surface area contributed by atoms with Crippen molar-refractivity contribution in [3.05, 3.63) is 23.2 Å². The number of thiol groups is 1. The van der Waals surface area contributed by atoms with Gasteiger partial charge in [0.2, 0.25) is 0 Å². The van der Waals surface area contributed by atoms with E-state index in [0.717, 1.165) is 30.0 Å². The lowest BCUT2D eigenvalue weighted by Crippen LogP contribution is -2.28. The van der Waals surface area contributed by atoms with Crippen LogP contribution in [0.25, 0.3) is 0 Å². The molecule has 14 heavy (non-hydrogen) atoms. The Kier molecular flexibility index (Phi) is 2.91. The summed E-state index contributed by atoms with van der Waals surface area (Å²) in [6.45, 7) is 0.859. The Balaban J connectivity index is 2.36. The predicted molar refractivity (Wildman–Crippen MR) is 61.3 cm³/mol. The lowest BCUT2D eigenvalue weighted by Gasteiger charge is -2.24. The van der Waals surface area contributed by atoms with Gasteiger partial charge in [0.15, 0.2) is 0 Å². The summed E-state index contributed by atoms with van der Waals surface area (Å²) < 4.78 is 0. The second-order valence-corrected chi connectivity index (χ2v) is 4.29. The first-order valence-electron chi connectivity index (χ1n) is 4.62. The van der Waals surface area contributed by atoms with Crippen molar-refractivity contribution in [1.29, 1.82) is 0 Å². The van der Waals surface area contributed by atoms with Crippen molar-refractivity contribution in [1.82, 2.24) is 0 Å². The molecular weight excluding hydrogens is 218 g/mol. The van der Waals surface area contributed by atoms with E-state index in [1.54, 1.807) is 0 Å². The number of anilines is 1. The molecule has 1 aromatic carbocycles. The molecule has 1 N–H and O–H groups in total. The number of hydrogen-bond donors (Lipinski definition) is 2. The fourth-order valence-corrected chi connectivity index (χ4v) is 2.19. The molecule has 0 bridgehead atoms. The van der Waals surface area contributed by atoms with E-state index in [-0.39, 0.29) is 0 Å². The van der Waals surface area contributed by atoms with Crippen LogP contribution in [-0.4, -0.2) is 17.9 Å².